The van der Waals surface area contributed by atoms with Crippen molar-refractivity contribution in [2.45, 2.75) is 12.0 Å². The quantitative estimate of drug-likeness (QED) is 0.490. The lowest BCUT2D eigenvalue weighted by Crippen LogP contribution is -2.45. The molecule has 0 heterocycles. The van der Waals surface area contributed by atoms with Crippen molar-refractivity contribution in [2.75, 3.05) is 0 Å². The summed E-state index contributed by atoms with van der Waals surface area (Å²) < 4.78 is 0. The van der Waals surface area contributed by atoms with Crippen molar-refractivity contribution in [3.63, 3.8) is 0 Å². The Bertz CT molecular complexity index is 1170. The van der Waals surface area contributed by atoms with Crippen LogP contribution in [0.2, 0.25) is 0 Å². The van der Waals surface area contributed by atoms with Crippen LogP contribution in [0.25, 0.3) is 10.8 Å². The van der Waals surface area contributed by atoms with E-state index < -0.39 is 23.8 Å². The molecule has 30 heavy (non-hydrogen) atoms. The van der Waals surface area contributed by atoms with Gasteiger partial charge in [-0.3, -0.25) is 4.79 Å². The van der Waals surface area contributed by atoms with Gasteiger partial charge in [0.15, 0.2) is 0 Å². The molecule has 0 saturated heterocycles. The van der Waals surface area contributed by atoms with Gasteiger partial charge in [0.2, 0.25) is 0 Å². The molecule has 0 aliphatic heterocycles. The summed E-state index contributed by atoms with van der Waals surface area (Å²) in [6.45, 7) is 0. The molecule has 4 nitrogen and oxygen atoms in total. The molecular weight excluding hydrogens is 374 g/mol. The predicted octanol–water partition coefficient (Wildman–Crippen LogP) is 4.85. The van der Waals surface area contributed by atoms with Crippen LogP contribution in [0.1, 0.15) is 27.4 Å². The number of hydrogen-bond donors (Lipinski definition) is 2. The molecule has 0 fully saturated rings. The van der Waals surface area contributed by atoms with E-state index in [1.165, 1.54) is 0 Å². The number of hydrogen-bond acceptors (Lipinski definition) is 2. The van der Waals surface area contributed by atoms with Crippen molar-refractivity contribution in [2.24, 2.45) is 0 Å². The van der Waals surface area contributed by atoms with Crippen molar-refractivity contribution >= 4 is 22.6 Å². The molecule has 1 amide bonds. The second-order valence-electron chi connectivity index (χ2n) is 7.15. The lowest BCUT2D eigenvalue weighted by Gasteiger charge is -2.26. The smallest absolute Gasteiger partial charge is 0.327 e. The highest BCUT2D eigenvalue weighted by atomic mass is 16.4. The minimum Gasteiger partial charge on any atom is -0.480 e. The molecule has 4 aromatic carbocycles. The third-order valence-corrected chi connectivity index (χ3v) is 5.21. The van der Waals surface area contributed by atoms with E-state index >= 15 is 0 Å². The Balaban J connectivity index is 1.78. The van der Waals surface area contributed by atoms with Gasteiger partial charge in [0.05, 0.1) is 0 Å². The normalized spacial score (nSPS) is 12.8. The maximum atomic E-state index is 12.8. The average Bonchev–Trinajstić information content (AvgIpc) is 2.79. The third-order valence-electron chi connectivity index (χ3n) is 5.21. The fourth-order valence-electron chi connectivity index (χ4n) is 3.74. The summed E-state index contributed by atoms with van der Waals surface area (Å²) in [4.78, 5) is 25.1. The van der Waals surface area contributed by atoms with E-state index in [2.05, 4.69) is 5.32 Å². The molecule has 0 radical (unpaired) electrons. The third kappa shape index (κ3) is 4.08. The number of amides is 1. The molecule has 2 atom stereocenters. The van der Waals surface area contributed by atoms with Gasteiger partial charge >= 0.3 is 5.97 Å². The zero-order valence-corrected chi connectivity index (χ0v) is 16.2. The molecule has 2 N–H and O–H groups in total. The monoisotopic (exact) mass is 395 g/mol. The van der Waals surface area contributed by atoms with Gasteiger partial charge in [0.1, 0.15) is 6.04 Å². The Morgan fingerprint density at radius 1 is 0.667 bits per heavy atom. The maximum absolute atomic E-state index is 12.8. The fourth-order valence-corrected chi connectivity index (χ4v) is 3.74. The van der Waals surface area contributed by atoms with Crippen molar-refractivity contribution in [1.29, 1.82) is 0 Å². The Kier molecular flexibility index (Phi) is 5.57. The van der Waals surface area contributed by atoms with Crippen LogP contribution in [0.3, 0.4) is 0 Å². The number of benzene rings is 4. The number of carboxylic acids is 1. The summed E-state index contributed by atoms with van der Waals surface area (Å²) in [5.74, 6) is -2.04. The topological polar surface area (TPSA) is 66.4 Å². The number of rotatable bonds is 6. The molecule has 0 aliphatic carbocycles. The van der Waals surface area contributed by atoms with Gasteiger partial charge in [0, 0.05) is 11.5 Å². The first-order chi connectivity index (χ1) is 14.6. The van der Waals surface area contributed by atoms with Gasteiger partial charge in [-0.1, -0.05) is 91.0 Å². The second-order valence-corrected chi connectivity index (χ2v) is 7.15. The zero-order valence-electron chi connectivity index (χ0n) is 16.2. The maximum Gasteiger partial charge on any atom is 0.327 e. The Labute approximate surface area is 174 Å². The first-order valence-corrected chi connectivity index (χ1v) is 9.76. The highest BCUT2D eigenvalue weighted by Gasteiger charge is 2.32. The zero-order chi connectivity index (χ0) is 20.9. The van der Waals surface area contributed by atoms with Gasteiger partial charge in [-0.15, -0.1) is 0 Å². The van der Waals surface area contributed by atoms with Crippen LogP contribution in [0.15, 0.2) is 103 Å². The van der Waals surface area contributed by atoms with Gasteiger partial charge < -0.3 is 10.4 Å². The fraction of sp³-hybridized carbons (Fsp3) is 0.0769. The molecule has 0 aliphatic rings. The van der Waals surface area contributed by atoms with Crippen LogP contribution < -0.4 is 5.32 Å². The number of fused-ring (bicyclic) bond motifs is 1. The largest absolute Gasteiger partial charge is 0.480 e. The summed E-state index contributed by atoms with van der Waals surface area (Å²) in [6.07, 6.45) is 0. The van der Waals surface area contributed by atoms with Gasteiger partial charge in [0.25, 0.3) is 5.91 Å². The van der Waals surface area contributed by atoms with E-state index in [9.17, 15) is 14.7 Å². The summed E-state index contributed by atoms with van der Waals surface area (Å²) in [5.41, 5.74) is 2.09. The molecular formula is C26H21NO3. The Hall–Kier alpha value is -3.92. The molecule has 148 valence electrons. The van der Waals surface area contributed by atoms with Crippen molar-refractivity contribution < 1.29 is 14.7 Å². The van der Waals surface area contributed by atoms with Gasteiger partial charge in [-0.2, -0.15) is 0 Å². The summed E-state index contributed by atoms with van der Waals surface area (Å²) >= 11 is 0. The number of aliphatic carboxylic acids is 1. The highest BCUT2D eigenvalue weighted by molar-refractivity contribution is 5.97. The molecule has 4 heteroatoms. The van der Waals surface area contributed by atoms with Crippen LogP contribution in [-0.4, -0.2) is 23.0 Å². The summed E-state index contributed by atoms with van der Waals surface area (Å²) in [6, 6.07) is 30.8. The molecule has 4 aromatic rings. The van der Waals surface area contributed by atoms with E-state index in [1.807, 2.05) is 78.9 Å². The van der Waals surface area contributed by atoms with Crippen molar-refractivity contribution in [3.8, 4) is 0 Å². The minimum absolute atomic E-state index is 0.412. The highest BCUT2D eigenvalue weighted by Crippen LogP contribution is 2.31. The number of nitrogens with one attached hydrogen (secondary N) is 1. The van der Waals surface area contributed by atoms with Crippen LogP contribution in [0.5, 0.6) is 0 Å². The average molecular weight is 395 g/mol. The lowest BCUT2D eigenvalue weighted by molar-refractivity contribution is -0.139. The number of carboxylic acid groups (broad SMARTS) is 1. The summed E-state index contributed by atoms with van der Waals surface area (Å²) in [7, 11) is 0. The predicted molar refractivity (Wildman–Crippen MR) is 118 cm³/mol. The Morgan fingerprint density at radius 2 is 1.27 bits per heavy atom. The molecule has 0 spiro atoms. The van der Waals surface area contributed by atoms with Gasteiger partial charge in [-0.25, -0.2) is 4.79 Å². The number of carbonyl (C=O) groups excluding carboxylic acids is 1. The van der Waals surface area contributed by atoms with Gasteiger partial charge in [-0.05, 0) is 34.0 Å². The Morgan fingerprint density at radius 3 is 1.93 bits per heavy atom. The van der Waals surface area contributed by atoms with Crippen molar-refractivity contribution in [1.82, 2.24) is 5.32 Å². The molecule has 0 bridgehead atoms. The lowest BCUT2D eigenvalue weighted by atomic mass is 9.84. The molecule has 2 unspecified atom stereocenters. The molecule has 0 saturated carbocycles. The SMILES string of the molecule is O=C(NC(C(=O)O)C(c1ccccc1)c1ccc2ccccc2c1)c1ccccc1. The van der Waals surface area contributed by atoms with E-state index in [0.717, 1.165) is 21.9 Å². The van der Waals surface area contributed by atoms with E-state index in [-0.39, 0.29) is 0 Å². The number of carbonyl (C=O) groups is 2. The van der Waals surface area contributed by atoms with Crippen LogP contribution in [-0.2, 0) is 4.79 Å². The molecule has 4 rings (SSSR count). The first kappa shape index (κ1) is 19.4. The van der Waals surface area contributed by atoms with E-state index in [1.54, 1.807) is 24.3 Å². The second kappa shape index (κ2) is 8.62. The standard InChI is InChI=1S/C26H21NO3/c28-25(20-12-5-2-6-13-20)27-24(26(29)30)23(19-10-3-1-4-11-19)22-16-15-18-9-7-8-14-21(18)17-22/h1-17,23-24H,(H,27,28)(H,29,30). The van der Waals surface area contributed by atoms with Crippen molar-refractivity contribution in [3.05, 3.63) is 120 Å². The van der Waals surface area contributed by atoms with Crippen LogP contribution >= 0.6 is 0 Å². The summed E-state index contributed by atoms with van der Waals surface area (Å²) in [5, 5.41) is 14.9. The minimum atomic E-state index is -1.12. The van der Waals surface area contributed by atoms with E-state index in [4.69, 9.17) is 0 Å². The van der Waals surface area contributed by atoms with Crippen LogP contribution in [0, 0.1) is 0 Å². The van der Waals surface area contributed by atoms with Crippen LogP contribution in [0.4, 0.5) is 0 Å². The first-order valence-electron chi connectivity index (χ1n) is 9.76. The van der Waals surface area contributed by atoms with E-state index in [0.29, 0.717) is 5.56 Å². The molecule has 0 aromatic heterocycles.